The molecule has 0 aliphatic heterocycles. The maximum Gasteiger partial charge on any atom is 1.00 e. The second-order valence-electron chi connectivity index (χ2n) is 0.778. The molecule has 0 spiro atoms. The molecule has 0 aromatic heterocycles. The van der Waals surface area contributed by atoms with Gasteiger partial charge in [-0.3, -0.25) is 0 Å². The molecule has 4 nitrogen and oxygen atoms in total. The zero-order valence-electron chi connectivity index (χ0n) is 5.25. The summed E-state index contributed by atoms with van der Waals surface area (Å²) < 4.78 is 3.74. The van der Waals surface area contributed by atoms with Crippen LogP contribution in [-0.4, -0.2) is 41.5 Å². The summed E-state index contributed by atoms with van der Waals surface area (Å²) in [5.41, 5.74) is 0. The minimum atomic E-state index is -4.13. The van der Waals surface area contributed by atoms with Crippen molar-refractivity contribution in [3.63, 3.8) is 0 Å². The third-order valence-corrected chi connectivity index (χ3v) is 0.822. The topological polar surface area (TPSA) is 69.9 Å². The van der Waals surface area contributed by atoms with Crippen molar-refractivity contribution in [2.75, 3.05) is 7.11 Å². The van der Waals surface area contributed by atoms with Crippen molar-refractivity contribution in [3.8, 4) is 0 Å². The van der Waals surface area contributed by atoms with Crippen molar-refractivity contribution in [1.82, 2.24) is 0 Å². The zero-order valence-corrected chi connectivity index (χ0v) is 7.25. The summed E-state index contributed by atoms with van der Waals surface area (Å²) in [5, 5.41) is 0. The van der Waals surface area contributed by atoms with Crippen molar-refractivity contribution in [3.05, 3.63) is 0 Å². The molecule has 0 bridgehead atoms. The van der Waals surface area contributed by atoms with E-state index in [1.54, 1.807) is 0 Å². The van der Waals surface area contributed by atoms with Crippen LogP contribution in [0.3, 0.4) is 0 Å². The summed E-state index contributed by atoms with van der Waals surface area (Å²) in [6.45, 7) is 0. The van der Waals surface area contributed by atoms with Crippen LogP contribution in [0.25, 0.3) is 0 Å². The van der Waals surface area contributed by atoms with Gasteiger partial charge in [-0.05, 0) is 11.0 Å². The molecule has 0 aromatic rings. The van der Waals surface area contributed by atoms with E-state index in [1.807, 2.05) is 0 Å². The molecule has 0 amide bonds. The third-order valence-electron chi connectivity index (χ3n) is 0.274. The maximum absolute atomic E-state index is 7.85. The van der Waals surface area contributed by atoms with Gasteiger partial charge in [0.15, 0.2) is 0 Å². The first-order chi connectivity index (χ1) is 2.56. The zero-order chi connectivity index (χ0) is 5.21. The molecular weight excluding hydrogens is 155 g/mol. The van der Waals surface area contributed by atoms with Gasteiger partial charge >= 0.3 is 38.6 Å². The van der Waals surface area contributed by atoms with Crippen molar-refractivity contribution < 1.29 is 49.8 Å². The van der Waals surface area contributed by atoms with Crippen LogP contribution in [0.1, 0.15) is 1.43 Å². The Morgan fingerprint density at radius 2 is 1.50 bits per heavy atom. The number of rotatable bonds is 1. The molecule has 0 aliphatic rings. The Kier molecular flexibility index (Phi) is 12.9. The summed E-state index contributed by atoms with van der Waals surface area (Å²) in [4.78, 5) is 23.6. The van der Waals surface area contributed by atoms with E-state index in [4.69, 9.17) is 14.4 Å². The van der Waals surface area contributed by atoms with Crippen LogP contribution in [0.2, 0.25) is 0 Å². The molecule has 0 unspecified atom stereocenters. The van der Waals surface area contributed by atoms with Crippen molar-refractivity contribution in [1.29, 1.82) is 0 Å². The second-order valence-corrected chi connectivity index (χ2v) is 2.33. The first-order valence-electron chi connectivity index (χ1n) is 1.28. The summed E-state index contributed by atoms with van der Waals surface area (Å²) >= 11 is 0. The summed E-state index contributed by atoms with van der Waals surface area (Å²) in [6, 6.07) is 0. The Morgan fingerprint density at radius 3 is 1.50 bits per heavy atom. The van der Waals surface area contributed by atoms with Gasteiger partial charge in [-0.2, -0.15) is 0 Å². The van der Waals surface area contributed by atoms with Gasteiger partial charge in [0.25, 0.3) is 0 Å². The van der Waals surface area contributed by atoms with Gasteiger partial charge < -0.3 is 20.2 Å². The predicted octanol–water partition coefficient (Wildman–Crippen LogP) is -6.29. The van der Waals surface area contributed by atoms with E-state index < -0.39 is 9.05 Å². The predicted molar refractivity (Wildman–Crippen MR) is 31.9 cm³/mol. The maximum atomic E-state index is 7.85. The van der Waals surface area contributed by atoms with Crippen molar-refractivity contribution in [2.45, 2.75) is 0 Å². The van der Waals surface area contributed by atoms with Crippen LogP contribution >= 0.6 is 0 Å². The first-order valence-corrected chi connectivity index (χ1v) is 3.03. The normalized spacial score (nSPS) is 9.00. The summed E-state index contributed by atoms with van der Waals surface area (Å²) in [6.07, 6.45) is 0. The molecular formula is CH11NaO4Si2. The fourth-order valence-corrected chi connectivity index (χ4v) is 0. The molecule has 0 fully saturated rings. The van der Waals surface area contributed by atoms with Crippen molar-refractivity contribution >= 4 is 20.0 Å². The first kappa shape index (κ1) is 16.1. The average Bonchev–Trinajstić information content (AvgIpc) is 1.35. The number of hydrogen-bond acceptors (Lipinski definition) is 4. The third kappa shape index (κ3) is 15.7. The molecule has 48 valence electrons. The molecule has 0 rings (SSSR count). The number of hydrogen-bond donors (Lipinski definition) is 3. The Morgan fingerprint density at radius 1 is 1.38 bits per heavy atom. The van der Waals surface area contributed by atoms with E-state index >= 15 is 0 Å². The fraction of sp³-hybridized carbons (Fsp3) is 1.00. The molecule has 0 aliphatic carbocycles. The van der Waals surface area contributed by atoms with Crippen LogP contribution in [0, 0.1) is 0 Å². The molecule has 0 saturated carbocycles. The summed E-state index contributed by atoms with van der Waals surface area (Å²) in [7, 11) is -3.11. The second kappa shape index (κ2) is 6.39. The Bertz CT molecular complexity index is 48.3. The molecule has 0 heterocycles. The Balaban J connectivity index is -0.0000000417. The van der Waals surface area contributed by atoms with E-state index in [-0.39, 0.29) is 41.9 Å². The molecule has 0 radical (unpaired) electrons. The SMILES string of the molecule is CO[Si](O)(O)O.[H-].[Na+].[SiH4]. The molecule has 8 heavy (non-hydrogen) atoms. The smallest absolute Gasteiger partial charge is 1.00 e. The molecule has 0 atom stereocenters. The van der Waals surface area contributed by atoms with E-state index in [2.05, 4.69) is 4.43 Å². The monoisotopic (exact) mass is 166 g/mol. The van der Waals surface area contributed by atoms with Crippen LogP contribution in [-0.2, 0) is 4.43 Å². The molecule has 0 saturated heterocycles. The van der Waals surface area contributed by atoms with Crippen molar-refractivity contribution in [2.24, 2.45) is 0 Å². The quantitative estimate of drug-likeness (QED) is 0.339. The largest absolute Gasteiger partial charge is 1.00 e. The van der Waals surface area contributed by atoms with Crippen LogP contribution in [0.5, 0.6) is 0 Å². The van der Waals surface area contributed by atoms with Gasteiger partial charge in [-0.25, -0.2) is 0 Å². The van der Waals surface area contributed by atoms with E-state index in [0.29, 0.717) is 0 Å². The van der Waals surface area contributed by atoms with E-state index in [0.717, 1.165) is 7.11 Å². The van der Waals surface area contributed by atoms with Gasteiger partial charge in [0.05, 0.1) is 0 Å². The van der Waals surface area contributed by atoms with E-state index in [1.165, 1.54) is 0 Å². The van der Waals surface area contributed by atoms with Gasteiger partial charge in [-0.1, -0.05) is 0 Å². The molecule has 3 N–H and O–H groups in total. The Hall–Kier alpha value is 1.27. The fourth-order valence-electron chi connectivity index (χ4n) is 0. The minimum Gasteiger partial charge on any atom is -1.00 e. The minimum absolute atomic E-state index is 0. The van der Waals surface area contributed by atoms with E-state index in [9.17, 15) is 0 Å². The van der Waals surface area contributed by atoms with Crippen LogP contribution < -0.4 is 29.6 Å². The van der Waals surface area contributed by atoms with Gasteiger partial charge in [0.1, 0.15) is 0 Å². The Labute approximate surface area is 76.8 Å². The van der Waals surface area contributed by atoms with Crippen LogP contribution in [0.15, 0.2) is 0 Å². The van der Waals surface area contributed by atoms with Gasteiger partial charge in [0.2, 0.25) is 0 Å². The van der Waals surface area contributed by atoms with Crippen LogP contribution in [0.4, 0.5) is 0 Å². The standard InChI is InChI=1S/CH6O4Si.Na.H4Si.H/c1-5-6(2,3)4;;;/h2-4H,1H3;;1H4;/q;+1;;-1. The molecule has 0 aromatic carbocycles. The van der Waals surface area contributed by atoms with Gasteiger partial charge in [0, 0.05) is 7.11 Å². The van der Waals surface area contributed by atoms with Gasteiger partial charge in [-0.15, -0.1) is 0 Å². The summed E-state index contributed by atoms with van der Waals surface area (Å²) in [5.74, 6) is 0. The molecule has 7 heteroatoms. The average molecular weight is 166 g/mol.